The first-order valence-electron chi connectivity index (χ1n) is 8.36. The Balaban J connectivity index is 1.72. The number of hydrogen-bond donors (Lipinski definition) is 0. The van der Waals surface area contributed by atoms with Crippen molar-refractivity contribution in [3.05, 3.63) is 36.2 Å². The van der Waals surface area contributed by atoms with E-state index < -0.39 is 11.9 Å². The van der Waals surface area contributed by atoms with Crippen LogP contribution in [0.25, 0.3) is 11.5 Å². The van der Waals surface area contributed by atoms with E-state index in [0.29, 0.717) is 25.4 Å². The van der Waals surface area contributed by atoms with Gasteiger partial charge in [-0.15, -0.1) is 0 Å². The van der Waals surface area contributed by atoms with Crippen LogP contribution in [0.4, 0.5) is 19.0 Å². The second-order valence-electron chi connectivity index (χ2n) is 6.51. The van der Waals surface area contributed by atoms with Crippen LogP contribution < -0.4 is 4.90 Å². The minimum absolute atomic E-state index is 0.0282. The van der Waals surface area contributed by atoms with E-state index in [4.69, 9.17) is 4.74 Å². The number of ether oxygens (including phenoxy) is 1. The van der Waals surface area contributed by atoms with Crippen molar-refractivity contribution < 1.29 is 17.9 Å². The summed E-state index contributed by atoms with van der Waals surface area (Å²) in [6.45, 7) is 2.51. The van der Waals surface area contributed by atoms with E-state index in [2.05, 4.69) is 19.9 Å². The molecule has 0 radical (unpaired) electrons. The highest BCUT2D eigenvalue weighted by Crippen LogP contribution is 2.33. The lowest BCUT2D eigenvalue weighted by atomic mass is 10.1. The Morgan fingerprint density at radius 3 is 2.73 bits per heavy atom. The smallest absolute Gasteiger partial charge is 0.373 e. The third-order valence-corrected chi connectivity index (χ3v) is 4.80. The minimum atomic E-state index is -4.55. The summed E-state index contributed by atoms with van der Waals surface area (Å²) in [4.78, 5) is 16.1. The SMILES string of the molecule is CN1CCOC2CN(c3cc(C(F)(F)F)nc(-c4ccccn4)n3)CC21. The lowest BCUT2D eigenvalue weighted by Crippen LogP contribution is -2.48. The van der Waals surface area contributed by atoms with Crippen molar-refractivity contribution in [2.45, 2.75) is 18.3 Å². The number of fused-ring (bicyclic) bond motifs is 1. The molecule has 0 amide bonds. The van der Waals surface area contributed by atoms with Crippen molar-refractivity contribution in [1.29, 1.82) is 0 Å². The maximum atomic E-state index is 13.3. The molecule has 2 aliphatic rings. The topological polar surface area (TPSA) is 54.4 Å². The highest BCUT2D eigenvalue weighted by atomic mass is 19.4. The Morgan fingerprint density at radius 1 is 1.19 bits per heavy atom. The van der Waals surface area contributed by atoms with Gasteiger partial charge in [0, 0.05) is 31.9 Å². The molecule has 4 heterocycles. The van der Waals surface area contributed by atoms with Gasteiger partial charge in [0.1, 0.15) is 11.5 Å². The molecular formula is C17H18F3N5O. The van der Waals surface area contributed by atoms with E-state index >= 15 is 0 Å². The van der Waals surface area contributed by atoms with Crippen LogP contribution in [0.3, 0.4) is 0 Å². The van der Waals surface area contributed by atoms with E-state index in [1.54, 1.807) is 18.2 Å². The second kappa shape index (κ2) is 6.48. The van der Waals surface area contributed by atoms with Crippen molar-refractivity contribution in [2.75, 3.05) is 38.2 Å². The zero-order valence-electron chi connectivity index (χ0n) is 14.1. The predicted octanol–water partition coefficient (Wildman–Crippen LogP) is 2.08. The molecule has 9 heteroatoms. The van der Waals surface area contributed by atoms with E-state index in [1.165, 1.54) is 6.20 Å². The molecule has 4 rings (SSSR count). The fourth-order valence-corrected chi connectivity index (χ4v) is 3.40. The molecule has 0 aliphatic carbocycles. The zero-order valence-corrected chi connectivity index (χ0v) is 14.1. The number of anilines is 1. The third-order valence-electron chi connectivity index (χ3n) is 4.80. The number of nitrogens with zero attached hydrogens (tertiary/aromatic N) is 5. The first-order chi connectivity index (χ1) is 12.4. The molecule has 2 aromatic rings. The highest BCUT2D eigenvalue weighted by Gasteiger charge is 2.40. The molecule has 0 aromatic carbocycles. The summed E-state index contributed by atoms with van der Waals surface area (Å²) in [5, 5.41) is 0. The highest BCUT2D eigenvalue weighted by molar-refractivity contribution is 5.54. The first-order valence-corrected chi connectivity index (χ1v) is 8.36. The standard InChI is InChI=1S/C17H18F3N5O/c1-24-6-7-26-13-10-25(9-12(13)24)15-8-14(17(18,19)20)22-16(23-15)11-4-2-3-5-21-11/h2-5,8,12-13H,6-7,9-10H2,1H3. The number of halogens is 3. The predicted molar refractivity (Wildman–Crippen MR) is 88.6 cm³/mol. The van der Waals surface area contributed by atoms with Gasteiger partial charge in [-0.05, 0) is 19.2 Å². The molecule has 2 fully saturated rings. The minimum Gasteiger partial charge on any atom is -0.373 e. The summed E-state index contributed by atoms with van der Waals surface area (Å²) in [6.07, 6.45) is -3.08. The van der Waals surface area contributed by atoms with Crippen LogP contribution in [0.15, 0.2) is 30.5 Å². The van der Waals surface area contributed by atoms with Crippen molar-refractivity contribution in [1.82, 2.24) is 19.9 Å². The molecule has 2 atom stereocenters. The average Bonchev–Trinajstić information content (AvgIpc) is 3.07. The number of morpholine rings is 1. The van der Waals surface area contributed by atoms with Crippen molar-refractivity contribution in [3.63, 3.8) is 0 Å². The average molecular weight is 365 g/mol. The molecule has 6 nitrogen and oxygen atoms in total. The molecule has 0 spiro atoms. The van der Waals surface area contributed by atoms with Crippen molar-refractivity contribution in [3.8, 4) is 11.5 Å². The van der Waals surface area contributed by atoms with Crippen molar-refractivity contribution in [2.24, 2.45) is 0 Å². The number of alkyl halides is 3. The second-order valence-corrected chi connectivity index (χ2v) is 6.51. The van der Waals surface area contributed by atoms with Crippen LogP contribution in [-0.4, -0.2) is 65.3 Å². The lowest BCUT2D eigenvalue weighted by molar-refractivity contribution is -0.141. The van der Waals surface area contributed by atoms with E-state index in [-0.39, 0.29) is 23.8 Å². The Hall–Kier alpha value is -2.26. The zero-order chi connectivity index (χ0) is 18.3. The van der Waals surface area contributed by atoms with Crippen LogP contribution in [-0.2, 0) is 10.9 Å². The number of hydrogen-bond acceptors (Lipinski definition) is 6. The maximum Gasteiger partial charge on any atom is 0.433 e. The van der Waals surface area contributed by atoms with Crippen LogP contribution in [0.2, 0.25) is 0 Å². The fraction of sp³-hybridized carbons (Fsp3) is 0.471. The summed E-state index contributed by atoms with van der Waals surface area (Å²) in [7, 11) is 2.00. The summed E-state index contributed by atoms with van der Waals surface area (Å²) in [5.74, 6) is 0.221. The largest absolute Gasteiger partial charge is 0.433 e. The Labute approximate surface area is 148 Å². The number of likely N-dealkylation sites (N-methyl/N-ethyl adjacent to an activating group) is 1. The maximum absolute atomic E-state index is 13.3. The molecule has 2 saturated heterocycles. The van der Waals surface area contributed by atoms with Crippen LogP contribution in [0.1, 0.15) is 5.69 Å². The molecule has 0 saturated carbocycles. The van der Waals surface area contributed by atoms with Gasteiger partial charge in [0.05, 0.1) is 18.8 Å². The summed E-state index contributed by atoms with van der Waals surface area (Å²) < 4.78 is 45.8. The van der Waals surface area contributed by atoms with Gasteiger partial charge in [0.15, 0.2) is 11.5 Å². The summed E-state index contributed by atoms with van der Waals surface area (Å²) in [5.41, 5.74) is -0.655. The monoisotopic (exact) mass is 365 g/mol. The Kier molecular flexibility index (Phi) is 4.28. The van der Waals surface area contributed by atoms with Crippen LogP contribution >= 0.6 is 0 Å². The Bertz CT molecular complexity index is 786. The quantitative estimate of drug-likeness (QED) is 0.812. The molecule has 2 unspecified atom stereocenters. The Morgan fingerprint density at radius 2 is 2.04 bits per heavy atom. The van der Waals surface area contributed by atoms with Crippen molar-refractivity contribution >= 4 is 5.82 Å². The van der Waals surface area contributed by atoms with Crippen LogP contribution in [0, 0.1) is 0 Å². The summed E-state index contributed by atoms with van der Waals surface area (Å²) >= 11 is 0. The van der Waals surface area contributed by atoms with Gasteiger partial charge in [0.25, 0.3) is 0 Å². The summed E-state index contributed by atoms with van der Waals surface area (Å²) in [6, 6.07) is 6.13. The molecule has 0 bridgehead atoms. The number of aromatic nitrogens is 3. The number of rotatable bonds is 2. The van der Waals surface area contributed by atoms with Gasteiger partial charge in [-0.25, -0.2) is 9.97 Å². The first kappa shape index (κ1) is 17.2. The molecular weight excluding hydrogens is 347 g/mol. The normalized spacial score (nSPS) is 23.9. The van der Waals surface area contributed by atoms with E-state index in [1.807, 2.05) is 11.9 Å². The van der Waals surface area contributed by atoms with Gasteiger partial charge in [-0.3, -0.25) is 9.88 Å². The van der Waals surface area contributed by atoms with Crippen LogP contribution in [0.5, 0.6) is 0 Å². The lowest BCUT2D eigenvalue weighted by Gasteiger charge is -2.33. The fourth-order valence-electron chi connectivity index (χ4n) is 3.40. The van der Waals surface area contributed by atoms with Gasteiger partial charge in [-0.2, -0.15) is 13.2 Å². The molecule has 0 N–H and O–H groups in total. The van der Waals surface area contributed by atoms with Gasteiger partial charge < -0.3 is 9.64 Å². The third kappa shape index (κ3) is 3.24. The molecule has 26 heavy (non-hydrogen) atoms. The molecule has 2 aliphatic heterocycles. The molecule has 2 aromatic heterocycles. The van der Waals surface area contributed by atoms with Gasteiger partial charge >= 0.3 is 6.18 Å². The molecule has 138 valence electrons. The van der Waals surface area contributed by atoms with Gasteiger partial charge in [-0.1, -0.05) is 6.07 Å². The van der Waals surface area contributed by atoms with Gasteiger partial charge in [0.2, 0.25) is 0 Å². The van der Waals surface area contributed by atoms with E-state index in [9.17, 15) is 13.2 Å². The van der Waals surface area contributed by atoms with E-state index in [0.717, 1.165) is 12.6 Å². The number of pyridine rings is 1.